The molecule has 1 saturated heterocycles. The van der Waals surface area contributed by atoms with Crippen LogP contribution in [-0.2, 0) is 13.0 Å². The van der Waals surface area contributed by atoms with Crippen LogP contribution < -0.4 is 0 Å². The molecule has 130 valence electrons. The number of β-amino-alcohol motifs (C(OH)–C–C–N with tert-alkyl or cyclic N) is 1. The van der Waals surface area contributed by atoms with Gasteiger partial charge in [0, 0.05) is 37.1 Å². The maximum Gasteiger partial charge on any atom is 0.247 e. The van der Waals surface area contributed by atoms with Crippen molar-refractivity contribution >= 4 is 0 Å². The fourth-order valence-corrected chi connectivity index (χ4v) is 3.25. The van der Waals surface area contributed by atoms with Crippen molar-refractivity contribution in [2.75, 3.05) is 13.1 Å². The van der Waals surface area contributed by atoms with E-state index in [1.807, 2.05) is 43.3 Å². The van der Waals surface area contributed by atoms with Gasteiger partial charge in [-0.05, 0) is 19.1 Å². The molecular formula is C18H20N4O3. The summed E-state index contributed by atoms with van der Waals surface area (Å²) in [5.41, 5.74) is 1.76. The maximum atomic E-state index is 10.3. The average molecular weight is 340 g/mol. The minimum atomic E-state index is -0.401. The van der Waals surface area contributed by atoms with Crippen LogP contribution in [0.1, 0.15) is 17.3 Å². The lowest BCUT2D eigenvalue weighted by atomic mass is 10.0. The van der Waals surface area contributed by atoms with Crippen molar-refractivity contribution in [2.45, 2.75) is 26.0 Å². The molecule has 2 atom stereocenters. The van der Waals surface area contributed by atoms with Gasteiger partial charge in [-0.2, -0.15) is 0 Å². The quantitative estimate of drug-likeness (QED) is 0.760. The third kappa shape index (κ3) is 3.62. The zero-order valence-corrected chi connectivity index (χ0v) is 14.0. The number of likely N-dealkylation sites (tertiary alicyclic amines) is 1. The smallest absolute Gasteiger partial charge is 0.247 e. The summed E-state index contributed by atoms with van der Waals surface area (Å²) in [6, 6.07) is 11.6. The van der Waals surface area contributed by atoms with Crippen LogP contribution in [0.4, 0.5) is 0 Å². The summed E-state index contributed by atoms with van der Waals surface area (Å²) in [4.78, 5) is 2.13. The molecule has 0 amide bonds. The van der Waals surface area contributed by atoms with Gasteiger partial charge in [0.15, 0.2) is 0 Å². The van der Waals surface area contributed by atoms with E-state index in [-0.39, 0.29) is 5.92 Å². The SMILES string of the molecule is Cc1cc(C[C@@H]2CN(Cc3nnc(-c4ccccc4)o3)C[C@@H]2O)on1. The van der Waals surface area contributed by atoms with Gasteiger partial charge < -0.3 is 14.0 Å². The van der Waals surface area contributed by atoms with Crippen LogP contribution in [-0.4, -0.2) is 44.6 Å². The molecule has 7 nitrogen and oxygen atoms in total. The summed E-state index contributed by atoms with van der Waals surface area (Å²) < 4.78 is 11.0. The zero-order chi connectivity index (χ0) is 17.2. The fraction of sp³-hybridized carbons (Fsp3) is 0.389. The van der Waals surface area contributed by atoms with Crippen molar-refractivity contribution in [2.24, 2.45) is 5.92 Å². The highest BCUT2D eigenvalue weighted by molar-refractivity contribution is 5.51. The van der Waals surface area contributed by atoms with Crippen LogP contribution in [0.5, 0.6) is 0 Å². The molecule has 0 aliphatic carbocycles. The highest BCUT2D eigenvalue weighted by Gasteiger charge is 2.33. The van der Waals surface area contributed by atoms with E-state index in [0.717, 1.165) is 23.6 Å². The van der Waals surface area contributed by atoms with E-state index in [0.29, 0.717) is 31.3 Å². The second-order valence-corrected chi connectivity index (χ2v) is 6.53. The van der Waals surface area contributed by atoms with Gasteiger partial charge in [-0.1, -0.05) is 23.4 Å². The fourth-order valence-electron chi connectivity index (χ4n) is 3.25. The van der Waals surface area contributed by atoms with Gasteiger partial charge >= 0.3 is 0 Å². The van der Waals surface area contributed by atoms with Gasteiger partial charge in [-0.15, -0.1) is 10.2 Å². The molecule has 4 rings (SSSR count). The first-order chi connectivity index (χ1) is 12.2. The van der Waals surface area contributed by atoms with Crippen LogP contribution >= 0.6 is 0 Å². The summed E-state index contributed by atoms with van der Waals surface area (Å²) in [5.74, 6) is 2.00. The van der Waals surface area contributed by atoms with Crippen molar-refractivity contribution in [1.82, 2.24) is 20.3 Å². The Bertz CT molecular complexity index is 830. The van der Waals surface area contributed by atoms with Crippen LogP contribution in [0, 0.1) is 12.8 Å². The Labute approximate surface area is 145 Å². The molecule has 25 heavy (non-hydrogen) atoms. The van der Waals surface area contributed by atoms with Gasteiger partial charge in [0.25, 0.3) is 0 Å². The molecule has 7 heteroatoms. The van der Waals surface area contributed by atoms with Crippen molar-refractivity contribution < 1.29 is 14.0 Å². The molecule has 1 N–H and O–H groups in total. The summed E-state index contributed by atoms with van der Waals surface area (Å²) in [7, 11) is 0. The van der Waals surface area contributed by atoms with Crippen molar-refractivity contribution in [1.29, 1.82) is 0 Å². The van der Waals surface area contributed by atoms with E-state index in [9.17, 15) is 5.11 Å². The standard InChI is InChI=1S/C18H20N4O3/c1-12-7-15(25-21-12)8-14-9-22(10-16(14)23)11-17-19-20-18(24-17)13-5-3-2-4-6-13/h2-7,14,16,23H,8-11H2,1H3/t14-,16+/m1/s1. The number of nitrogens with zero attached hydrogens (tertiary/aromatic N) is 4. The van der Waals surface area contributed by atoms with Crippen LogP contribution in [0.25, 0.3) is 11.5 Å². The molecule has 3 aromatic rings. The molecule has 0 bridgehead atoms. The highest BCUT2D eigenvalue weighted by atomic mass is 16.5. The summed E-state index contributed by atoms with van der Waals surface area (Å²) in [6.07, 6.45) is 0.277. The van der Waals surface area contributed by atoms with Gasteiger partial charge in [0.05, 0.1) is 18.3 Å². The van der Waals surface area contributed by atoms with Gasteiger partial charge in [-0.3, -0.25) is 4.90 Å². The molecule has 0 saturated carbocycles. The van der Waals surface area contributed by atoms with Crippen LogP contribution in [0.3, 0.4) is 0 Å². The van der Waals surface area contributed by atoms with E-state index >= 15 is 0 Å². The van der Waals surface area contributed by atoms with E-state index in [4.69, 9.17) is 8.94 Å². The average Bonchev–Trinajstić information content (AvgIpc) is 3.31. The molecular weight excluding hydrogens is 320 g/mol. The number of hydrogen-bond acceptors (Lipinski definition) is 7. The monoisotopic (exact) mass is 340 g/mol. The Kier molecular flexibility index (Phi) is 4.33. The molecule has 1 aromatic carbocycles. The predicted octanol–water partition coefficient (Wildman–Crippen LogP) is 2.07. The minimum Gasteiger partial charge on any atom is -0.419 e. The Hall–Kier alpha value is -2.51. The number of aromatic nitrogens is 3. The Morgan fingerprint density at radius 1 is 1.20 bits per heavy atom. The van der Waals surface area contributed by atoms with Crippen LogP contribution in [0.2, 0.25) is 0 Å². The number of benzene rings is 1. The topological polar surface area (TPSA) is 88.4 Å². The van der Waals surface area contributed by atoms with E-state index in [2.05, 4.69) is 20.3 Å². The lowest BCUT2D eigenvalue weighted by Gasteiger charge is -2.12. The summed E-state index contributed by atoms with van der Waals surface area (Å²) in [6.45, 7) is 3.76. The number of aliphatic hydroxyl groups excluding tert-OH is 1. The third-order valence-corrected chi connectivity index (χ3v) is 4.47. The second kappa shape index (κ2) is 6.78. The molecule has 1 aliphatic rings. The zero-order valence-electron chi connectivity index (χ0n) is 14.0. The lowest BCUT2D eigenvalue weighted by Crippen LogP contribution is -2.21. The summed E-state index contributed by atoms with van der Waals surface area (Å²) in [5, 5.41) is 22.4. The van der Waals surface area contributed by atoms with Crippen molar-refractivity contribution in [3.63, 3.8) is 0 Å². The summed E-state index contributed by atoms with van der Waals surface area (Å²) >= 11 is 0. The number of aryl methyl sites for hydroxylation is 1. The van der Waals surface area contributed by atoms with E-state index < -0.39 is 6.10 Å². The van der Waals surface area contributed by atoms with E-state index in [1.165, 1.54) is 0 Å². The first kappa shape index (κ1) is 16.0. The number of rotatable bonds is 5. The van der Waals surface area contributed by atoms with E-state index in [1.54, 1.807) is 0 Å². The largest absolute Gasteiger partial charge is 0.419 e. The van der Waals surface area contributed by atoms with Gasteiger partial charge in [-0.25, -0.2) is 0 Å². The Balaban J connectivity index is 1.38. The number of hydrogen-bond donors (Lipinski definition) is 1. The predicted molar refractivity (Wildman–Crippen MR) is 89.5 cm³/mol. The molecule has 3 heterocycles. The molecule has 0 radical (unpaired) electrons. The molecule has 1 fully saturated rings. The molecule has 1 aliphatic heterocycles. The Morgan fingerprint density at radius 2 is 2.04 bits per heavy atom. The number of aliphatic hydroxyl groups is 1. The first-order valence-electron chi connectivity index (χ1n) is 8.38. The molecule has 0 unspecified atom stereocenters. The molecule has 2 aromatic heterocycles. The Morgan fingerprint density at radius 3 is 2.80 bits per heavy atom. The van der Waals surface area contributed by atoms with Gasteiger partial charge in [0.2, 0.25) is 11.8 Å². The van der Waals surface area contributed by atoms with Crippen LogP contribution in [0.15, 0.2) is 45.3 Å². The second-order valence-electron chi connectivity index (χ2n) is 6.53. The normalized spacial score (nSPS) is 21.0. The molecule has 0 spiro atoms. The lowest BCUT2D eigenvalue weighted by molar-refractivity contribution is 0.136. The first-order valence-corrected chi connectivity index (χ1v) is 8.38. The minimum absolute atomic E-state index is 0.115. The van der Waals surface area contributed by atoms with Gasteiger partial charge in [0.1, 0.15) is 5.76 Å². The maximum absolute atomic E-state index is 10.3. The highest BCUT2D eigenvalue weighted by Crippen LogP contribution is 2.24. The van der Waals surface area contributed by atoms with Crippen molar-refractivity contribution in [3.8, 4) is 11.5 Å². The third-order valence-electron chi connectivity index (χ3n) is 4.47. The van der Waals surface area contributed by atoms with Crippen molar-refractivity contribution in [3.05, 3.63) is 53.7 Å².